The van der Waals surface area contributed by atoms with Gasteiger partial charge in [0, 0.05) is 17.5 Å². The monoisotopic (exact) mass is 397 g/mol. The minimum Gasteiger partial charge on any atom is -0.497 e. The van der Waals surface area contributed by atoms with Crippen molar-refractivity contribution in [3.63, 3.8) is 0 Å². The predicted octanol–water partition coefficient (Wildman–Crippen LogP) is 2.74. The van der Waals surface area contributed by atoms with Gasteiger partial charge in [0.15, 0.2) is 14.9 Å². The van der Waals surface area contributed by atoms with E-state index in [0.29, 0.717) is 11.4 Å². The Kier molecular flexibility index (Phi) is 5.70. The number of carbonyl (C=O) groups is 1. The van der Waals surface area contributed by atoms with Crippen LogP contribution in [0.3, 0.4) is 0 Å². The number of carbonyl (C=O) groups excluding carboxylic acids is 1. The summed E-state index contributed by atoms with van der Waals surface area (Å²) in [5.74, 6) is 0.614. The van der Waals surface area contributed by atoms with Gasteiger partial charge in [0.1, 0.15) is 5.75 Å². The number of anilines is 1. The number of rotatable bonds is 6. The third-order valence-electron chi connectivity index (χ3n) is 4.01. The van der Waals surface area contributed by atoms with Crippen molar-refractivity contribution in [2.75, 3.05) is 18.7 Å². The van der Waals surface area contributed by atoms with Gasteiger partial charge in [-0.3, -0.25) is 4.79 Å². The lowest BCUT2D eigenvalue weighted by molar-refractivity contribution is -0.115. The molecule has 0 aliphatic carbocycles. The van der Waals surface area contributed by atoms with Crippen LogP contribution < -0.4 is 10.1 Å². The molecule has 0 unspecified atom stereocenters. The van der Waals surface area contributed by atoms with E-state index in [4.69, 9.17) is 4.74 Å². The zero-order valence-corrected chi connectivity index (χ0v) is 16.2. The Morgan fingerprint density at radius 1 is 0.964 bits per heavy atom. The summed E-state index contributed by atoms with van der Waals surface area (Å²) in [6.07, 6.45) is 1.34. The zero-order chi connectivity index (χ0) is 20.1. The Hall–Kier alpha value is -3.26. The molecule has 2 aromatic carbocycles. The van der Waals surface area contributed by atoms with Crippen LogP contribution in [-0.2, 0) is 21.1 Å². The maximum atomic E-state index is 12.2. The van der Waals surface area contributed by atoms with Gasteiger partial charge in [0.05, 0.1) is 19.2 Å². The summed E-state index contributed by atoms with van der Waals surface area (Å²) in [6, 6.07) is 17.4. The molecule has 1 aromatic heterocycles. The highest BCUT2D eigenvalue weighted by atomic mass is 32.2. The van der Waals surface area contributed by atoms with Crippen molar-refractivity contribution in [2.45, 2.75) is 11.4 Å². The predicted molar refractivity (Wildman–Crippen MR) is 106 cm³/mol. The molecule has 3 rings (SSSR count). The summed E-state index contributed by atoms with van der Waals surface area (Å²) in [5.41, 5.74) is 2.85. The van der Waals surface area contributed by atoms with Crippen molar-refractivity contribution in [3.05, 3.63) is 66.2 Å². The molecule has 1 amide bonds. The van der Waals surface area contributed by atoms with Gasteiger partial charge in [-0.05, 0) is 42.0 Å². The fourth-order valence-electron chi connectivity index (χ4n) is 2.53. The number of methoxy groups -OCH3 is 1. The van der Waals surface area contributed by atoms with Crippen molar-refractivity contribution in [1.82, 2.24) is 10.2 Å². The minimum atomic E-state index is -3.38. The molecule has 0 aliphatic rings. The number of amides is 1. The van der Waals surface area contributed by atoms with Crippen LogP contribution in [0.2, 0.25) is 0 Å². The second-order valence-electron chi connectivity index (χ2n) is 6.18. The van der Waals surface area contributed by atoms with Gasteiger partial charge in [-0.15, -0.1) is 10.2 Å². The molecule has 0 aliphatic heterocycles. The number of nitrogens with zero attached hydrogens (tertiary/aromatic N) is 2. The molecule has 0 atom stereocenters. The number of hydrogen-bond donors (Lipinski definition) is 1. The highest BCUT2D eigenvalue weighted by Crippen LogP contribution is 2.20. The molecular weight excluding hydrogens is 378 g/mol. The molecule has 8 heteroatoms. The first-order valence-electron chi connectivity index (χ1n) is 8.42. The second kappa shape index (κ2) is 8.18. The maximum Gasteiger partial charge on any atom is 0.228 e. The Balaban J connectivity index is 1.64. The van der Waals surface area contributed by atoms with Gasteiger partial charge < -0.3 is 10.1 Å². The molecule has 1 heterocycles. The Morgan fingerprint density at radius 3 is 2.18 bits per heavy atom. The molecule has 0 radical (unpaired) electrons. The van der Waals surface area contributed by atoms with Gasteiger partial charge in [-0.2, -0.15) is 0 Å². The lowest BCUT2D eigenvalue weighted by atomic mass is 10.1. The topological polar surface area (TPSA) is 98.2 Å². The Morgan fingerprint density at radius 2 is 1.64 bits per heavy atom. The number of ether oxygens (including phenoxy) is 1. The van der Waals surface area contributed by atoms with Crippen molar-refractivity contribution in [3.8, 4) is 17.0 Å². The fourth-order valence-corrected chi connectivity index (χ4v) is 3.03. The van der Waals surface area contributed by atoms with E-state index < -0.39 is 9.84 Å². The SMILES string of the molecule is COc1ccc(CC(=O)Nc2ccc(-c3ccc(S(C)(=O)=O)nn3)cc2)cc1. The number of hydrogen-bond acceptors (Lipinski definition) is 6. The van der Waals surface area contributed by atoms with Gasteiger partial charge in [-0.1, -0.05) is 24.3 Å². The van der Waals surface area contributed by atoms with E-state index in [1.807, 2.05) is 24.3 Å². The van der Waals surface area contributed by atoms with Crippen molar-refractivity contribution in [1.29, 1.82) is 0 Å². The molecule has 7 nitrogen and oxygen atoms in total. The number of nitrogens with one attached hydrogen (secondary N) is 1. The summed E-state index contributed by atoms with van der Waals surface area (Å²) in [7, 11) is -1.79. The van der Waals surface area contributed by atoms with Crippen LogP contribution in [-0.4, -0.2) is 37.9 Å². The van der Waals surface area contributed by atoms with Crippen molar-refractivity contribution < 1.29 is 17.9 Å². The highest BCUT2D eigenvalue weighted by molar-refractivity contribution is 7.90. The average Bonchev–Trinajstić information content (AvgIpc) is 2.68. The van der Waals surface area contributed by atoms with E-state index in [-0.39, 0.29) is 17.4 Å². The van der Waals surface area contributed by atoms with Gasteiger partial charge in [0.2, 0.25) is 5.91 Å². The van der Waals surface area contributed by atoms with Gasteiger partial charge in [0.25, 0.3) is 0 Å². The van der Waals surface area contributed by atoms with E-state index in [2.05, 4.69) is 15.5 Å². The fraction of sp³-hybridized carbons (Fsp3) is 0.150. The first-order valence-corrected chi connectivity index (χ1v) is 10.3. The molecule has 0 saturated carbocycles. The third-order valence-corrected chi connectivity index (χ3v) is 4.99. The molecular formula is C20H19N3O4S. The van der Waals surface area contributed by atoms with Crippen LogP contribution in [0.15, 0.2) is 65.7 Å². The second-order valence-corrected chi connectivity index (χ2v) is 8.14. The summed E-state index contributed by atoms with van der Waals surface area (Å²) < 4.78 is 28.0. The van der Waals surface area contributed by atoms with Crippen LogP contribution >= 0.6 is 0 Å². The summed E-state index contributed by atoms with van der Waals surface area (Å²) in [6.45, 7) is 0. The summed E-state index contributed by atoms with van der Waals surface area (Å²) >= 11 is 0. The van der Waals surface area contributed by atoms with Crippen LogP contribution in [0, 0.1) is 0 Å². The number of sulfone groups is 1. The molecule has 3 aromatic rings. The summed E-state index contributed by atoms with van der Waals surface area (Å²) in [4.78, 5) is 12.2. The first kappa shape index (κ1) is 19.5. The molecule has 0 fully saturated rings. The van der Waals surface area contributed by atoms with E-state index in [0.717, 1.165) is 23.1 Å². The van der Waals surface area contributed by atoms with Crippen LogP contribution in [0.5, 0.6) is 5.75 Å². The smallest absolute Gasteiger partial charge is 0.228 e. The largest absolute Gasteiger partial charge is 0.497 e. The maximum absolute atomic E-state index is 12.2. The highest BCUT2D eigenvalue weighted by Gasteiger charge is 2.10. The van der Waals surface area contributed by atoms with Crippen molar-refractivity contribution in [2.24, 2.45) is 0 Å². The lowest BCUT2D eigenvalue weighted by Gasteiger charge is -2.07. The molecule has 144 valence electrons. The van der Waals surface area contributed by atoms with E-state index in [9.17, 15) is 13.2 Å². The van der Waals surface area contributed by atoms with E-state index in [1.54, 1.807) is 37.4 Å². The first-order chi connectivity index (χ1) is 13.3. The Labute approximate surface area is 163 Å². The number of benzene rings is 2. The van der Waals surface area contributed by atoms with Crippen LogP contribution in [0.25, 0.3) is 11.3 Å². The zero-order valence-electron chi connectivity index (χ0n) is 15.4. The molecule has 0 spiro atoms. The Bertz CT molecular complexity index is 1060. The lowest BCUT2D eigenvalue weighted by Crippen LogP contribution is -2.14. The standard InChI is InChI=1S/C20H19N3O4S/c1-27-17-9-3-14(4-10-17)13-19(24)21-16-7-5-15(6-8-16)18-11-12-20(23-22-18)28(2,25)26/h3-12H,13H2,1-2H3,(H,21,24). The van der Waals surface area contributed by atoms with E-state index in [1.165, 1.54) is 6.07 Å². The molecule has 0 saturated heterocycles. The van der Waals surface area contributed by atoms with Crippen molar-refractivity contribution >= 4 is 21.4 Å². The van der Waals surface area contributed by atoms with E-state index >= 15 is 0 Å². The average molecular weight is 397 g/mol. The van der Waals surface area contributed by atoms with Gasteiger partial charge >= 0.3 is 0 Å². The van der Waals surface area contributed by atoms with Crippen LogP contribution in [0.1, 0.15) is 5.56 Å². The number of aromatic nitrogens is 2. The van der Waals surface area contributed by atoms with Gasteiger partial charge in [-0.25, -0.2) is 8.42 Å². The molecule has 1 N–H and O–H groups in total. The van der Waals surface area contributed by atoms with Crippen LogP contribution in [0.4, 0.5) is 5.69 Å². The third kappa shape index (κ3) is 4.92. The molecule has 28 heavy (non-hydrogen) atoms. The summed E-state index contributed by atoms with van der Waals surface area (Å²) in [5, 5.41) is 10.5. The minimum absolute atomic E-state index is 0.0707. The molecule has 0 bridgehead atoms. The normalized spacial score (nSPS) is 11.1. The quantitative estimate of drug-likeness (QED) is 0.687.